The summed E-state index contributed by atoms with van der Waals surface area (Å²) in [5.74, 6) is 2.43. The first kappa shape index (κ1) is 17.5. The number of benzene rings is 2. The Labute approximate surface area is 158 Å². The van der Waals surface area contributed by atoms with Crippen LogP contribution in [0.25, 0.3) is 0 Å². The van der Waals surface area contributed by atoms with E-state index in [0.29, 0.717) is 42.6 Å². The number of ether oxygens (including phenoxy) is 4. The zero-order chi connectivity index (χ0) is 18.8. The van der Waals surface area contributed by atoms with Crippen LogP contribution >= 0.6 is 0 Å². The largest absolute Gasteiger partial charge is 0.497 e. The van der Waals surface area contributed by atoms with Crippen molar-refractivity contribution in [2.75, 3.05) is 27.4 Å². The number of nitrogens with zero attached hydrogens (tertiary/aromatic N) is 1. The van der Waals surface area contributed by atoms with Gasteiger partial charge in [0.1, 0.15) is 19.0 Å². The third-order valence-corrected chi connectivity index (χ3v) is 4.84. The van der Waals surface area contributed by atoms with Crippen LogP contribution in [0.15, 0.2) is 36.4 Å². The topological polar surface area (TPSA) is 57.2 Å². The second-order valence-corrected chi connectivity index (χ2v) is 6.71. The molecule has 1 heterocycles. The van der Waals surface area contributed by atoms with E-state index in [2.05, 4.69) is 0 Å². The summed E-state index contributed by atoms with van der Waals surface area (Å²) >= 11 is 0. The average Bonchev–Trinajstić information content (AvgIpc) is 3.56. The van der Waals surface area contributed by atoms with Crippen molar-refractivity contribution in [2.45, 2.75) is 25.4 Å². The average molecular weight is 369 g/mol. The van der Waals surface area contributed by atoms with Gasteiger partial charge in [-0.1, -0.05) is 12.1 Å². The Hall–Kier alpha value is -2.89. The molecule has 1 amide bonds. The second kappa shape index (κ2) is 7.39. The maximum absolute atomic E-state index is 13.3. The summed E-state index contributed by atoms with van der Waals surface area (Å²) < 4.78 is 21.9. The third kappa shape index (κ3) is 3.65. The minimum Gasteiger partial charge on any atom is -0.497 e. The maximum Gasteiger partial charge on any atom is 0.254 e. The highest BCUT2D eigenvalue weighted by molar-refractivity contribution is 5.96. The van der Waals surface area contributed by atoms with E-state index in [1.54, 1.807) is 26.4 Å². The van der Waals surface area contributed by atoms with Gasteiger partial charge < -0.3 is 23.8 Å². The van der Waals surface area contributed by atoms with Crippen LogP contribution in [0.5, 0.6) is 23.0 Å². The molecule has 2 aromatic rings. The predicted octanol–water partition coefficient (Wildman–Crippen LogP) is 3.28. The summed E-state index contributed by atoms with van der Waals surface area (Å²) in [5, 5.41) is 0. The lowest BCUT2D eigenvalue weighted by Crippen LogP contribution is -2.32. The molecule has 0 atom stereocenters. The molecule has 142 valence electrons. The van der Waals surface area contributed by atoms with Crippen LogP contribution in [0.2, 0.25) is 0 Å². The molecular formula is C21H23NO5. The van der Waals surface area contributed by atoms with E-state index in [1.165, 1.54) is 0 Å². The van der Waals surface area contributed by atoms with Gasteiger partial charge in [-0.2, -0.15) is 0 Å². The van der Waals surface area contributed by atoms with E-state index in [-0.39, 0.29) is 11.9 Å². The van der Waals surface area contributed by atoms with Crippen LogP contribution in [0.3, 0.4) is 0 Å². The molecule has 0 aromatic heterocycles. The molecule has 2 aromatic carbocycles. The van der Waals surface area contributed by atoms with Gasteiger partial charge in [-0.25, -0.2) is 0 Å². The molecule has 2 aliphatic rings. The number of hydrogen-bond donors (Lipinski definition) is 0. The Morgan fingerprint density at radius 3 is 2.48 bits per heavy atom. The van der Waals surface area contributed by atoms with Crippen LogP contribution in [-0.2, 0) is 6.54 Å². The summed E-state index contributed by atoms with van der Waals surface area (Å²) in [7, 11) is 3.21. The fourth-order valence-corrected chi connectivity index (χ4v) is 3.24. The molecule has 0 radical (unpaired) electrons. The number of amides is 1. The zero-order valence-electron chi connectivity index (χ0n) is 15.6. The Kier molecular flexibility index (Phi) is 4.79. The SMILES string of the molecule is COc1ccc(CN(C(=O)c2cc(OC)c3c(c2)OCCO3)C2CC2)cc1. The number of hydrogen-bond acceptors (Lipinski definition) is 5. The normalized spacial score (nSPS) is 15.2. The van der Waals surface area contributed by atoms with Crippen molar-refractivity contribution < 1.29 is 23.7 Å². The summed E-state index contributed by atoms with van der Waals surface area (Å²) in [5.41, 5.74) is 1.62. The van der Waals surface area contributed by atoms with Gasteiger partial charge in [0, 0.05) is 18.2 Å². The van der Waals surface area contributed by atoms with E-state index in [0.717, 1.165) is 24.2 Å². The molecule has 0 unspecified atom stereocenters. The molecule has 1 aliphatic carbocycles. The molecule has 0 bridgehead atoms. The molecule has 4 rings (SSSR count). The van der Waals surface area contributed by atoms with Gasteiger partial charge in [-0.15, -0.1) is 0 Å². The first-order valence-electron chi connectivity index (χ1n) is 9.11. The summed E-state index contributed by atoms with van der Waals surface area (Å²) in [4.78, 5) is 15.2. The van der Waals surface area contributed by atoms with Crippen LogP contribution in [0.4, 0.5) is 0 Å². The van der Waals surface area contributed by atoms with Crippen molar-refractivity contribution in [3.63, 3.8) is 0 Å². The number of carbonyl (C=O) groups excluding carboxylic acids is 1. The van der Waals surface area contributed by atoms with Crippen molar-refractivity contribution in [3.8, 4) is 23.0 Å². The van der Waals surface area contributed by atoms with E-state index in [4.69, 9.17) is 18.9 Å². The summed E-state index contributed by atoms with van der Waals surface area (Å²) in [6, 6.07) is 11.6. The number of fused-ring (bicyclic) bond motifs is 1. The molecule has 0 spiro atoms. The number of carbonyl (C=O) groups is 1. The minimum atomic E-state index is -0.0245. The quantitative estimate of drug-likeness (QED) is 0.782. The second-order valence-electron chi connectivity index (χ2n) is 6.71. The standard InChI is InChI=1S/C21H23NO5/c1-24-17-7-3-14(4-8-17)13-22(16-5-6-16)21(23)15-11-18(25-2)20-19(12-15)26-9-10-27-20/h3-4,7-8,11-12,16H,5-6,9-10,13H2,1-2H3. The van der Waals surface area contributed by atoms with Gasteiger partial charge in [0.05, 0.1) is 14.2 Å². The van der Waals surface area contributed by atoms with Crippen molar-refractivity contribution in [3.05, 3.63) is 47.5 Å². The molecule has 0 N–H and O–H groups in total. The molecule has 27 heavy (non-hydrogen) atoms. The Morgan fingerprint density at radius 2 is 1.81 bits per heavy atom. The molecule has 6 heteroatoms. The van der Waals surface area contributed by atoms with Gasteiger partial charge in [-0.3, -0.25) is 4.79 Å². The summed E-state index contributed by atoms with van der Waals surface area (Å²) in [6.07, 6.45) is 2.06. The van der Waals surface area contributed by atoms with Gasteiger partial charge in [-0.05, 0) is 42.7 Å². The Bertz CT molecular complexity index is 812. The monoisotopic (exact) mass is 369 g/mol. The lowest BCUT2D eigenvalue weighted by atomic mass is 10.1. The molecule has 1 fully saturated rings. The molecular weight excluding hydrogens is 346 g/mol. The Balaban J connectivity index is 1.60. The highest BCUT2D eigenvalue weighted by atomic mass is 16.6. The van der Waals surface area contributed by atoms with E-state index >= 15 is 0 Å². The molecule has 1 aliphatic heterocycles. The zero-order valence-corrected chi connectivity index (χ0v) is 15.6. The van der Waals surface area contributed by atoms with Crippen molar-refractivity contribution in [1.29, 1.82) is 0 Å². The van der Waals surface area contributed by atoms with E-state index < -0.39 is 0 Å². The fraction of sp³-hybridized carbons (Fsp3) is 0.381. The van der Waals surface area contributed by atoms with Crippen LogP contribution < -0.4 is 18.9 Å². The predicted molar refractivity (Wildman–Crippen MR) is 99.9 cm³/mol. The van der Waals surface area contributed by atoms with Gasteiger partial charge in [0.15, 0.2) is 11.5 Å². The summed E-state index contributed by atoms with van der Waals surface area (Å²) in [6.45, 7) is 1.50. The fourth-order valence-electron chi connectivity index (χ4n) is 3.24. The highest BCUT2D eigenvalue weighted by Crippen LogP contribution is 2.41. The van der Waals surface area contributed by atoms with Crippen LogP contribution in [-0.4, -0.2) is 44.3 Å². The van der Waals surface area contributed by atoms with Gasteiger partial charge in [0.2, 0.25) is 5.75 Å². The lowest BCUT2D eigenvalue weighted by Gasteiger charge is -2.25. The Morgan fingerprint density at radius 1 is 1.07 bits per heavy atom. The van der Waals surface area contributed by atoms with Crippen molar-refractivity contribution in [2.24, 2.45) is 0 Å². The maximum atomic E-state index is 13.3. The molecule has 1 saturated carbocycles. The minimum absolute atomic E-state index is 0.0245. The number of rotatable bonds is 6. The van der Waals surface area contributed by atoms with Gasteiger partial charge in [0.25, 0.3) is 5.91 Å². The van der Waals surface area contributed by atoms with E-state index in [1.807, 2.05) is 29.2 Å². The first-order valence-corrected chi connectivity index (χ1v) is 9.11. The van der Waals surface area contributed by atoms with Crippen LogP contribution in [0, 0.1) is 0 Å². The molecule has 6 nitrogen and oxygen atoms in total. The lowest BCUT2D eigenvalue weighted by molar-refractivity contribution is 0.0728. The third-order valence-electron chi connectivity index (χ3n) is 4.84. The number of methoxy groups -OCH3 is 2. The van der Waals surface area contributed by atoms with Crippen molar-refractivity contribution in [1.82, 2.24) is 4.90 Å². The smallest absolute Gasteiger partial charge is 0.254 e. The van der Waals surface area contributed by atoms with Gasteiger partial charge >= 0.3 is 0 Å². The highest BCUT2D eigenvalue weighted by Gasteiger charge is 2.34. The molecule has 0 saturated heterocycles. The van der Waals surface area contributed by atoms with Crippen LogP contribution in [0.1, 0.15) is 28.8 Å². The first-order chi connectivity index (χ1) is 13.2. The van der Waals surface area contributed by atoms with E-state index in [9.17, 15) is 4.79 Å². The van der Waals surface area contributed by atoms with Crippen molar-refractivity contribution >= 4 is 5.91 Å².